The highest BCUT2D eigenvalue weighted by Gasteiger charge is 2.37. The van der Waals surface area contributed by atoms with Gasteiger partial charge < -0.3 is 9.29 Å². The Hall–Kier alpha value is -3.48. The van der Waals surface area contributed by atoms with E-state index in [2.05, 4.69) is 37.2 Å². The maximum Gasteiger partial charge on any atom is 0.339 e. The van der Waals surface area contributed by atoms with Crippen LogP contribution < -0.4 is 14.4 Å². The summed E-state index contributed by atoms with van der Waals surface area (Å²) in [6, 6.07) is 13.4. The van der Waals surface area contributed by atoms with E-state index in [1.54, 1.807) is 12.1 Å². The van der Waals surface area contributed by atoms with Crippen LogP contribution in [0.3, 0.4) is 0 Å². The maximum atomic E-state index is 13.0. The van der Waals surface area contributed by atoms with E-state index in [0.29, 0.717) is 5.56 Å². The number of phenols is 1. The van der Waals surface area contributed by atoms with Gasteiger partial charge in [-0.2, -0.15) is 8.42 Å². The Kier molecular flexibility index (Phi) is 7.03. The number of barbiturate groups is 1. The highest BCUT2D eigenvalue weighted by Crippen LogP contribution is 2.37. The van der Waals surface area contributed by atoms with Gasteiger partial charge in [-0.25, -0.2) is 9.69 Å². The summed E-state index contributed by atoms with van der Waals surface area (Å²) < 4.78 is 31.2. The first-order chi connectivity index (χ1) is 17.0. The Labute approximate surface area is 222 Å². The molecule has 0 unspecified atom stereocenters. The van der Waals surface area contributed by atoms with Crippen molar-refractivity contribution in [2.75, 3.05) is 4.90 Å². The molecule has 36 heavy (non-hydrogen) atoms. The second-order valence-electron chi connectivity index (χ2n) is 7.64. The summed E-state index contributed by atoms with van der Waals surface area (Å²) in [6.07, 6.45) is 1.26. The van der Waals surface area contributed by atoms with Gasteiger partial charge in [0.15, 0.2) is 5.75 Å². The van der Waals surface area contributed by atoms with E-state index >= 15 is 0 Å². The molecule has 0 saturated carbocycles. The zero-order chi connectivity index (χ0) is 26.2. The van der Waals surface area contributed by atoms with Gasteiger partial charge in [-0.1, -0.05) is 17.7 Å². The molecule has 0 aliphatic carbocycles. The van der Waals surface area contributed by atoms with Crippen molar-refractivity contribution in [3.8, 4) is 11.5 Å². The number of rotatable bonds is 5. The van der Waals surface area contributed by atoms with Crippen molar-refractivity contribution >= 4 is 71.6 Å². The van der Waals surface area contributed by atoms with Crippen molar-refractivity contribution in [2.24, 2.45) is 0 Å². The minimum Gasteiger partial charge on any atom is -0.508 e. The van der Waals surface area contributed by atoms with Gasteiger partial charge in [0.05, 0.1) is 14.6 Å². The number of carbonyl (C=O) groups is 3. The number of nitrogens with one attached hydrogen (secondary N) is 1. The van der Waals surface area contributed by atoms with Crippen LogP contribution in [0.1, 0.15) is 11.1 Å². The molecule has 184 valence electrons. The Morgan fingerprint density at radius 2 is 1.53 bits per heavy atom. The summed E-state index contributed by atoms with van der Waals surface area (Å²) in [5.74, 6) is -1.85. The predicted molar refractivity (Wildman–Crippen MR) is 138 cm³/mol. The summed E-state index contributed by atoms with van der Waals surface area (Å²) in [7, 11) is -4.14. The normalized spacial score (nSPS) is 15.2. The molecule has 0 aromatic heterocycles. The number of hydrogen-bond acceptors (Lipinski definition) is 7. The number of aryl methyl sites for hydroxylation is 1. The number of hydrogen-bond donors (Lipinski definition) is 2. The van der Waals surface area contributed by atoms with E-state index in [0.717, 1.165) is 10.5 Å². The Balaban J connectivity index is 1.66. The molecule has 1 heterocycles. The zero-order valence-electron chi connectivity index (χ0n) is 18.4. The van der Waals surface area contributed by atoms with Gasteiger partial charge in [-0.3, -0.25) is 14.9 Å². The van der Waals surface area contributed by atoms with Crippen LogP contribution >= 0.6 is 31.9 Å². The van der Waals surface area contributed by atoms with Gasteiger partial charge in [-0.15, -0.1) is 0 Å². The molecule has 1 fully saturated rings. The number of amides is 4. The maximum absolute atomic E-state index is 13.0. The minimum atomic E-state index is -4.14. The molecule has 1 aliphatic heterocycles. The topological polar surface area (TPSA) is 130 Å². The molecule has 0 bridgehead atoms. The number of phenolic OH excluding ortho intramolecular Hbond substituents is 1. The van der Waals surface area contributed by atoms with Crippen LogP contribution in [-0.2, 0) is 19.7 Å². The van der Waals surface area contributed by atoms with Gasteiger partial charge in [0, 0.05) is 0 Å². The molecule has 4 rings (SSSR count). The fourth-order valence-electron chi connectivity index (χ4n) is 3.27. The molecule has 3 aromatic carbocycles. The zero-order valence-corrected chi connectivity index (χ0v) is 22.3. The Morgan fingerprint density at radius 3 is 2.11 bits per heavy atom. The van der Waals surface area contributed by atoms with Crippen molar-refractivity contribution in [2.45, 2.75) is 11.8 Å². The summed E-state index contributed by atoms with van der Waals surface area (Å²) in [4.78, 5) is 38.5. The summed E-state index contributed by atoms with van der Waals surface area (Å²) in [5, 5.41) is 11.6. The van der Waals surface area contributed by atoms with E-state index in [4.69, 9.17) is 4.18 Å². The lowest BCUT2D eigenvalue weighted by molar-refractivity contribution is -0.122. The average Bonchev–Trinajstić information content (AvgIpc) is 2.80. The first-order valence-electron chi connectivity index (χ1n) is 10.2. The van der Waals surface area contributed by atoms with Gasteiger partial charge in [0.1, 0.15) is 16.2 Å². The molecular formula is C24H16Br2N2O7S. The molecule has 9 nitrogen and oxygen atoms in total. The summed E-state index contributed by atoms with van der Waals surface area (Å²) >= 11 is 6.54. The van der Waals surface area contributed by atoms with E-state index in [-0.39, 0.29) is 36.6 Å². The third kappa shape index (κ3) is 5.20. The van der Waals surface area contributed by atoms with E-state index in [9.17, 15) is 27.9 Å². The molecule has 3 aromatic rings. The van der Waals surface area contributed by atoms with Gasteiger partial charge in [0.2, 0.25) is 0 Å². The van der Waals surface area contributed by atoms with Crippen molar-refractivity contribution in [3.05, 3.63) is 86.3 Å². The molecule has 0 atom stereocenters. The lowest BCUT2D eigenvalue weighted by Crippen LogP contribution is -2.54. The standard InChI is InChI=1S/C24H16Br2N2O7S/c1-13-2-8-17(9-3-13)36(33,34)35-21-19(25)11-14(12-20(21)26)10-18-22(30)27-24(32)28(23(18)31)15-4-6-16(29)7-5-15/h2-12,29H,1H3,(H,27,30,32)/b18-10+. The first kappa shape index (κ1) is 25.6. The largest absolute Gasteiger partial charge is 0.508 e. The number of aromatic hydroxyl groups is 1. The Bertz CT molecular complexity index is 1510. The number of nitrogens with zero attached hydrogens (tertiary/aromatic N) is 1. The van der Waals surface area contributed by atoms with Crippen LogP contribution in [0.25, 0.3) is 6.08 Å². The number of benzene rings is 3. The number of urea groups is 1. The van der Waals surface area contributed by atoms with Crippen LogP contribution in [0.2, 0.25) is 0 Å². The monoisotopic (exact) mass is 634 g/mol. The van der Waals surface area contributed by atoms with Crippen LogP contribution in [-0.4, -0.2) is 31.4 Å². The van der Waals surface area contributed by atoms with Crippen molar-refractivity contribution in [3.63, 3.8) is 0 Å². The molecule has 4 amide bonds. The van der Waals surface area contributed by atoms with Gasteiger partial charge >= 0.3 is 16.1 Å². The summed E-state index contributed by atoms with van der Waals surface area (Å²) in [5.41, 5.74) is 1.05. The van der Waals surface area contributed by atoms with E-state index in [1.807, 2.05) is 6.92 Å². The van der Waals surface area contributed by atoms with Crippen LogP contribution in [0.15, 0.2) is 80.1 Å². The van der Waals surface area contributed by atoms with Crippen molar-refractivity contribution < 1.29 is 32.1 Å². The minimum absolute atomic E-state index is 0.0263. The molecule has 2 N–H and O–H groups in total. The van der Waals surface area contributed by atoms with E-state index < -0.39 is 28.0 Å². The lowest BCUT2D eigenvalue weighted by Gasteiger charge is -2.26. The summed E-state index contributed by atoms with van der Waals surface area (Å²) in [6.45, 7) is 1.83. The lowest BCUT2D eigenvalue weighted by atomic mass is 10.1. The highest BCUT2D eigenvalue weighted by molar-refractivity contribution is 9.11. The average molecular weight is 636 g/mol. The number of halogens is 2. The first-order valence-corrected chi connectivity index (χ1v) is 13.2. The van der Waals surface area contributed by atoms with Crippen molar-refractivity contribution in [1.82, 2.24) is 5.32 Å². The second kappa shape index (κ2) is 9.88. The SMILES string of the molecule is Cc1ccc(S(=O)(=O)Oc2c(Br)cc(/C=C3\C(=O)NC(=O)N(c4ccc(O)cc4)C3=O)cc2Br)cc1. The smallest absolute Gasteiger partial charge is 0.339 e. The van der Waals surface area contributed by atoms with Crippen LogP contribution in [0.4, 0.5) is 10.5 Å². The van der Waals surface area contributed by atoms with Gasteiger partial charge in [0.25, 0.3) is 11.8 Å². The van der Waals surface area contributed by atoms with Gasteiger partial charge in [-0.05, 0) is 99.0 Å². The fraction of sp³-hybridized carbons (Fsp3) is 0.0417. The molecule has 1 aliphatic rings. The van der Waals surface area contributed by atoms with Crippen LogP contribution in [0, 0.1) is 6.92 Å². The molecular weight excluding hydrogens is 620 g/mol. The number of carbonyl (C=O) groups excluding carboxylic acids is 3. The second-order valence-corrected chi connectivity index (χ2v) is 10.9. The van der Waals surface area contributed by atoms with Crippen LogP contribution in [0.5, 0.6) is 11.5 Å². The van der Waals surface area contributed by atoms with Crippen molar-refractivity contribution in [1.29, 1.82) is 0 Å². The fourth-order valence-corrected chi connectivity index (χ4v) is 5.83. The molecule has 0 spiro atoms. The number of anilines is 1. The number of imide groups is 2. The predicted octanol–water partition coefficient (Wildman–Crippen LogP) is 4.66. The molecule has 1 saturated heterocycles. The van der Waals surface area contributed by atoms with E-state index in [1.165, 1.54) is 54.6 Å². The quantitative estimate of drug-likeness (QED) is 0.237. The molecule has 12 heteroatoms. The third-order valence-corrected chi connectivity index (χ3v) is 7.46. The third-order valence-electron chi connectivity index (χ3n) is 5.04. The highest BCUT2D eigenvalue weighted by atomic mass is 79.9. The molecule has 0 radical (unpaired) electrons. The Morgan fingerprint density at radius 1 is 0.944 bits per heavy atom.